The van der Waals surface area contributed by atoms with Gasteiger partial charge in [0, 0.05) is 11.4 Å². The molecule has 4 N–H and O–H groups in total. The Balaban J connectivity index is 0.000000396. The summed E-state index contributed by atoms with van der Waals surface area (Å²) in [6.07, 6.45) is 1.59. The van der Waals surface area contributed by atoms with Crippen molar-refractivity contribution in [2.45, 2.75) is 13.8 Å². The summed E-state index contributed by atoms with van der Waals surface area (Å²) < 4.78 is 6.73. The normalized spacial score (nSPS) is 10.1. The van der Waals surface area contributed by atoms with Gasteiger partial charge in [0.25, 0.3) is 0 Å². The molecule has 1 aromatic carbocycles. The van der Waals surface area contributed by atoms with Gasteiger partial charge in [-0.05, 0) is 36.8 Å². The van der Waals surface area contributed by atoms with E-state index in [4.69, 9.17) is 10.2 Å². The lowest BCUT2D eigenvalue weighted by Crippen LogP contribution is -2.01. The minimum atomic E-state index is -0.333. The third-order valence-corrected chi connectivity index (χ3v) is 3.10. The molecule has 0 aliphatic rings. The maximum absolute atomic E-state index is 9.22. The molecule has 6 nitrogen and oxygen atoms in total. The third kappa shape index (κ3) is 3.82. The molecule has 0 radical (unpaired) electrons. The Morgan fingerprint density at radius 1 is 1.32 bits per heavy atom. The number of rotatable bonds is 1. The van der Waals surface area contributed by atoms with Gasteiger partial charge >= 0.3 is 0 Å². The van der Waals surface area contributed by atoms with Crippen molar-refractivity contribution in [2.75, 3.05) is 5.73 Å². The average molecular weight is 363 g/mol. The van der Waals surface area contributed by atoms with Crippen LogP contribution in [0.1, 0.15) is 12.5 Å². The van der Waals surface area contributed by atoms with Crippen molar-refractivity contribution < 1.29 is 9.21 Å². The van der Waals surface area contributed by atoms with Gasteiger partial charge in [0.05, 0.1) is 11.9 Å². The van der Waals surface area contributed by atoms with Gasteiger partial charge in [-0.1, -0.05) is 15.9 Å². The number of nitrogens with two attached hydrogens (primary N) is 2. The van der Waals surface area contributed by atoms with Crippen molar-refractivity contribution in [2.24, 2.45) is 5.73 Å². The number of nitrogens with zero attached hydrogens (tertiary/aromatic N) is 2. The lowest BCUT2D eigenvalue weighted by Gasteiger charge is -1.95. The molecular weight excluding hydrogens is 348 g/mol. The van der Waals surface area contributed by atoms with Crippen LogP contribution < -0.4 is 11.5 Å². The van der Waals surface area contributed by atoms with Crippen LogP contribution in [0.5, 0.6) is 0 Å². The summed E-state index contributed by atoms with van der Waals surface area (Å²) in [4.78, 5) is 17.9. The molecule has 22 heavy (non-hydrogen) atoms. The van der Waals surface area contributed by atoms with Gasteiger partial charge < -0.3 is 15.9 Å². The molecule has 0 saturated heterocycles. The Morgan fingerprint density at radius 3 is 2.59 bits per heavy atom. The average Bonchev–Trinajstić information content (AvgIpc) is 2.83. The van der Waals surface area contributed by atoms with Gasteiger partial charge in [-0.25, -0.2) is 9.97 Å². The van der Waals surface area contributed by atoms with E-state index in [1.807, 2.05) is 19.1 Å². The summed E-state index contributed by atoms with van der Waals surface area (Å²) in [5.74, 6) is 0.172. The number of anilines is 1. The molecule has 3 aromatic rings. The molecule has 0 unspecified atom stereocenters. The number of oxazole rings is 1. The quantitative estimate of drug-likeness (QED) is 0.691. The minimum Gasteiger partial charge on any atom is -0.434 e. The first-order chi connectivity index (χ1) is 10.4. The zero-order valence-corrected chi connectivity index (χ0v) is 13.7. The maximum atomic E-state index is 9.22. The second-order valence-corrected chi connectivity index (χ2v) is 5.59. The second-order valence-electron chi connectivity index (χ2n) is 4.68. The SMILES string of the molecule is CC(N)=O.Cc1cc(Br)cc2nc(-c3ccc(N)cn3)oc12. The number of hydrogen-bond donors (Lipinski definition) is 2. The molecule has 0 aliphatic carbocycles. The zero-order chi connectivity index (χ0) is 16.3. The molecule has 0 aliphatic heterocycles. The van der Waals surface area contributed by atoms with Crippen molar-refractivity contribution in [3.05, 3.63) is 40.5 Å². The Bertz CT molecular complexity index is 808. The van der Waals surface area contributed by atoms with Crippen LogP contribution in [0.4, 0.5) is 5.69 Å². The molecule has 7 heteroatoms. The molecule has 114 valence electrons. The van der Waals surface area contributed by atoms with Crippen LogP contribution in [-0.2, 0) is 4.79 Å². The molecule has 3 rings (SSSR count). The fourth-order valence-corrected chi connectivity index (χ4v) is 2.36. The molecule has 0 fully saturated rings. The molecule has 0 saturated carbocycles. The molecule has 0 bridgehead atoms. The van der Waals surface area contributed by atoms with Crippen molar-refractivity contribution in [1.29, 1.82) is 0 Å². The first-order valence-corrected chi connectivity index (χ1v) is 7.20. The highest BCUT2D eigenvalue weighted by Gasteiger charge is 2.11. The zero-order valence-electron chi connectivity index (χ0n) is 12.1. The summed E-state index contributed by atoms with van der Waals surface area (Å²) in [6.45, 7) is 3.29. The highest BCUT2D eigenvalue weighted by molar-refractivity contribution is 9.10. The van der Waals surface area contributed by atoms with Crippen LogP contribution in [-0.4, -0.2) is 15.9 Å². The number of aryl methyl sites for hydroxylation is 1. The number of aromatic nitrogens is 2. The first-order valence-electron chi connectivity index (χ1n) is 6.41. The summed E-state index contributed by atoms with van der Waals surface area (Å²) in [5, 5.41) is 0. The number of fused-ring (bicyclic) bond motifs is 1. The number of amides is 1. The summed E-state index contributed by atoms with van der Waals surface area (Å²) in [6, 6.07) is 7.49. The van der Waals surface area contributed by atoms with Crippen LogP contribution in [0.3, 0.4) is 0 Å². The predicted molar refractivity (Wildman–Crippen MR) is 89.0 cm³/mol. The number of benzene rings is 1. The fraction of sp³-hybridized carbons (Fsp3) is 0.133. The Labute approximate surface area is 135 Å². The minimum absolute atomic E-state index is 0.333. The standard InChI is InChI=1S/C13H10BrN3O.C2H5NO/c1-7-4-8(14)5-11-12(7)18-13(17-11)10-3-2-9(15)6-16-10;1-2(3)4/h2-6H,15H2,1H3;1H3,(H2,3,4). The number of carbonyl (C=O) groups is 1. The summed E-state index contributed by atoms with van der Waals surface area (Å²) in [5.41, 5.74) is 14.0. The monoisotopic (exact) mass is 362 g/mol. The largest absolute Gasteiger partial charge is 0.434 e. The fourth-order valence-electron chi connectivity index (χ4n) is 1.80. The molecule has 2 aromatic heterocycles. The molecule has 0 spiro atoms. The number of pyridine rings is 1. The summed E-state index contributed by atoms with van der Waals surface area (Å²) >= 11 is 3.44. The van der Waals surface area contributed by atoms with E-state index in [0.29, 0.717) is 17.3 Å². The summed E-state index contributed by atoms with van der Waals surface area (Å²) in [7, 11) is 0. The van der Waals surface area contributed by atoms with Gasteiger partial charge in [0.2, 0.25) is 11.8 Å². The highest BCUT2D eigenvalue weighted by Crippen LogP contribution is 2.28. The Morgan fingerprint density at radius 2 is 2.00 bits per heavy atom. The number of nitrogen functional groups attached to an aromatic ring is 1. The van der Waals surface area contributed by atoms with Gasteiger partial charge in [-0.15, -0.1) is 0 Å². The van der Waals surface area contributed by atoms with E-state index < -0.39 is 0 Å². The number of carbonyl (C=O) groups excluding carboxylic acids is 1. The van der Waals surface area contributed by atoms with Crippen molar-refractivity contribution >= 4 is 38.6 Å². The van der Waals surface area contributed by atoms with E-state index >= 15 is 0 Å². The lowest BCUT2D eigenvalue weighted by atomic mass is 10.2. The maximum Gasteiger partial charge on any atom is 0.246 e. The topological polar surface area (TPSA) is 108 Å². The van der Waals surface area contributed by atoms with E-state index in [2.05, 4.69) is 31.6 Å². The van der Waals surface area contributed by atoms with Crippen LogP contribution in [0, 0.1) is 6.92 Å². The van der Waals surface area contributed by atoms with Gasteiger partial charge in [0.1, 0.15) is 11.2 Å². The van der Waals surface area contributed by atoms with E-state index in [9.17, 15) is 4.79 Å². The number of halogens is 1. The molecule has 2 heterocycles. The van der Waals surface area contributed by atoms with E-state index in [1.54, 1.807) is 18.3 Å². The lowest BCUT2D eigenvalue weighted by molar-refractivity contribution is -0.115. The van der Waals surface area contributed by atoms with E-state index in [1.165, 1.54) is 6.92 Å². The smallest absolute Gasteiger partial charge is 0.246 e. The van der Waals surface area contributed by atoms with Gasteiger partial charge in [-0.3, -0.25) is 4.79 Å². The molecule has 0 atom stereocenters. The molecule has 1 amide bonds. The Hall–Kier alpha value is -2.41. The van der Waals surface area contributed by atoms with Gasteiger partial charge in [-0.2, -0.15) is 0 Å². The van der Waals surface area contributed by atoms with Gasteiger partial charge in [0.15, 0.2) is 5.58 Å². The van der Waals surface area contributed by atoms with Crippen molar-refractivity contribution in [3.8, 4) is 11.6 Å². The first kappa shape index (κ1) is 16.0. The van der Waals surface area contributed by atoms with Crippen LogP contribution in [0.25, 0.3) is 22.7 Å². The number of primary amides is 1. The predicted octanol–water partition coefficient (Wildman–Crippen LogP) is 3.03. The van der Waals surface area contributed by atoms with Crippen molar-refractivity contribution in [1.82, 2.24) is 9.97 Å². The van der Waals surface area contributed by atoms with Crippen molar-refractivity contribution in [3.63, 3.8) is 0 Å². The Kier molecular flexibility index (Phi) is 4.77. The number of hydrogen-bond acceptors (Lipinski definition) is 5. The van der Waals surface area contributed by atoms with Crippen LogP contribution >= 0.6 is 15.9 Å². The third-order valence-electron chi connectivity index (χ3n) is 2.65. The molecular formula is C15H15BrN4O2. The van der Waals surface area contributed by atoms with E-state index in [0.717, 1.165) is 21.1 Å². The van der Waals surface area contributed by atoms with E-state index in [-0.39, 0.29) is 5.91 Å². The second kappa shape index (κ2) is 6.57. The van der Waals surface area contributed by atoms with Crippen LogP contribution in [0.2, 0.25) is 0 Å². The van der Waals surface area contributed by atoms with Crippen LogP contribution in [0.15, 0.2) is 39.4 Å². The highest BCUT2D eigenvalue weighted by atomic mass is 79.9.